The van der Waals surface area contributed by atoms with Crippen LogP contribution in [0.3, 0.4) is 0 Å². The minimum atomic E-state index is -0.799. The zero-order valence-corrected chi connectivity index (χ0v) is 9.10. The summed E-state index contributed by atoms with van der Waals surface area (Å²) >= 11 is 0. The molecule has 15 heavy (non-hydrogen) atoms. The number of carbonyl (C=O) groups is 1. The van der Waals surface area contributed by atoms with Gasteiger partial charge in [-0.3, -0.25) is 0 Å². The number of rotatable bonds is 5. The molecular formula is C12H17NO2. The van der Waals surface area contributed by atoms with E-state index in [1.807, 2.05) is 44.2 Å². The van der Waals surface area contributed by atoms with E-state index in [4.69, 9.17) is 5.11 Å². The van der Waals surface area contributed by atoms with Crippen molar-refractivity contribution in [3.63, 3.8) is 0 Å². The Morgan fingerprint density at radius 2 is 1.93 bits per heavy atom. The number of carboxylic acids is 1. The number of aliphatic carboxylic acids is 1. The van der Waals surface area contributed by atoms with Crippen LogP contribution in [0.2, 0.25) is 0 Å². The highest BCUT2D eigenvalue weighted by Crippen LogP contribution is 2.12. The number of hydrogen-bond donors (Lipinski definition) is 2. The molecule has 0 fully saturated rings. The van der Waals surface area contributed by atoms with Crippen molar-refractivity contribution in [1.82, 2.24) is 0 Å². The normalized spacial score (nSPS) is 12.5. The lowest BCUT2D eigenvalue weighted by atomic mass is 10.0. The second-order valence-electron chi connectivity index (χ2n) is 4.03. The van der Waals surface area contributed by atoms with E-state index in [0.29, 0.717) is 12.3 Å². The first-order valence-corrected chi connectivity index (χ1v) is 5.14. The summed E-state index contributed by atoms with van der Waals surface area (Å²) in [6, 6.07) is 8.91. The molecule has 0 amide bonds. The van der Waals surface area contributed by atoms with Crippen molar-refractivity contribution in [1.29, 1.82) is 0 Å². The molecule has 0 saturated carbocycles. The molecule has 1 atom stereocenters. The van der Waals surface area contributed by atoms with E-state index in [2.05, 4.69) is 5.32 Å². The van der Waals surface area contributed by atoms with Crippen LogP contribution in [0.4, 0.5) is 5.69 Å². The molecule has 1 rings (SSSR count). The molecule has 0 bridgehead atoms. The zero-order valence-electron chi connectivity index (χ0n) is 9.10. The van der Waals surface area contributed by atoms with E-state index >= 15 is 0 Å². The summed E-state index contributed by atoms with van der Waals surface area (Å²) in [5.41, 5.74) is 0.852. The van der Waals surface area contributed by atoms with Crippen molar-refractivity contribution in [2.75, 3.05) is 5.32 Å². The Morgan fingerprint density at radius 3 is 2.40 bits per heavy atom. The van der Waals surface area contributed by atoms with E-state index in [1.54, 1.807) is 0 Å². The average molecular weight is 207 g/mol. The van der Waals surface area contributed by atoms with Crippen LogP contribution in [0.5, 0.6) is 0 Å². The summed E-state index contributed by atoms with van der Waals surface area (Å²) in [7, 11) is 0. The zero-order chi connectivity index (χ0) is 11.3. The van der Waals surface area contributed by atoms with Crippen molar-refractivity contribution in [3.05, 3.63) is 30.3 Å². The Kier molecular flexibility index (Phi) is 4.16. The van der Waals surface area contributed by atoms with Crippen molar-refractivity contribution in [2.24, 2.45) is 5.92 Å². The molecule has 3 heteroatoms. The maximum atomic E-state index is 11.0. The van der Waals surface area contributed by atoms with Crippen LogP contribution in [0, 0.1) is 5.92 Å². The smallest absolute Gasteiger partial charge is 0.326 e. The van der Waals surface area contributed by atoms with Crippen LogP contribution < -0.4 is 5.32 Å². The lowest BCUT2D eigenvalue weighted by Gasteiger charge is -2.17. The minimum absolute atomic E-state index is 0.363. The van der Waals surface area contributed by atoms with Gasteiger partial charge in [-0.25, -0.2) is 4.79 Å². The van der Waals surface area contributed by atoms with Crippen LogP contribution in [-0.4, -0.2) is 17.1 Å². The summed E-state index contributed by atoms with van der Waals surface area (Å²) in [6.45, 7) is 4.03. The first kappa shape index (κ1) is 11.6. The molecule has 3 nitrogen and oxygen atoms in total. The van der Waals surface area contributed by atoms with E-state index in [0.717, 1.165) is 5.69 Å². The quantitative estimate of drug-likeness (QED) is 0.780. The molecule has 0 aromatic heterocycles. The molecule has 1 aromatic carbocycles. The second-order valence-corrected chi connectivity index (χ2v) is 4.03. The minimum Gasteiger partial charge on any atom is -0.480 e. The average Bonchev–Trinajstić information content (AvgIpc) is 2.17. The van der Waals surface area contributed by atoms with Crippen molar-refractivity contribution in [2.45, 2.75) is 26.3 Å². The number of benzene rings is 1. The van der Waals surface area contributed by atoms with Gasteiger partial charge in [-0.2, -0.15) is 0 Å². The fourth-order valence-electron chi connectivity index (χ4n) is 1.43. The monoisotopic (exact) mass is 207 g/mol. The third kappa shape index (κ3) is 4.02. The fraction of sp³-hybridized carbons (Fsp3) is 0.417. The summed E-state index contributed by atoms with van der Waals surface area (Å²) < 4.78 is 0. The van der Waals surface area contributed by atoms with Gasteiger partial charge in [0, 0.05) is 5.69 Å². The predicted octanol–water partition coefficient (Wildman–Crippen LogP) is 2.60. The van der Waals surface area contributed by atoms with Crippen LogP contribution in [0.1, 0.15) is 20.3 Å². The number of carboxylic acid groups (broad SMARTS) is 1. The third-order valence-corrected chi connectivity index (χ3v) is 2.12. The molecule has 82 valence electrons. The number of nitrogens with one attached hydrogen (secondary N) is 1. The maximum absolute atomic E-state index is 11.0. The summed E-state index contributed by atoms with van der Waals surface area (Å²) in [6.07, 6.45) is 0.629. The summed E-state index contributed by atoms with van der Waals surface area (Å²) in [5, 5.41) is 12.0. The molecule has 0 spiro atoms. The lowest BCUT2D eigenvalue weighted by molar-refractivity contribution is -0.138. The van der Waals surface area contributed by atoms with Crippen LogP contribution in [-0.2, 0) is 4.79 Å². The molecule has 0 aliphatic carbocycles. The van der Waals surface area contributed by atoms with Gasteiger partial charge in [0.25, 0.3) is 0 Å². The number of hydrogen-bond acceptors (Lipinski definition) is 2. The van der Waals surface area contributed by atoms with Gasteiger partial charge in [0.05, 0.1) is 0 Å². The molecule has 0 saturated heterocycles. The highest BCUT2D eigenvalue weighted by Gasteiger charge is 2.17. The van der Waals surface area contributed by atoms with Gasteiger partial charge in [-0.15, -0.1) is 0 Å². The fourth-order valence-corrected chi connectivity index (χ4v) is 1.43. The van der Waals surface area contributed by atoms with E-state index in [-0.39, 0.29) is 0 Å². The van der Waals surface area contributed by atoms with Crippen LogP contribution in [0.15, 0.2) is 30.3 Å². The number of para-hydroxylation sites is 1. The van der Waals surface area contributed by atoms with Crippen molar-refractivity contribution in [3.8, 4) is 0 Å². The first-order chi connectivity index (χ1) is 7.09. The highest BCUT2D eigenvalue weighted by molar-refractivity contribution is 5.77. The molecular weight excluding hydrogens is 190 g/mol. The van der Waals surface area contributed by atoms with Crippen LogP contribution in [0.25, 0.3) is 0 Å². The van der Waals surface area contributed by atoms with Gasteiger partial charge in [0.15, 0.2) is 0 Å². The molecule has 0 aliphatic rings. The third-order valence-electron chi connectivity index (χ3n) is 2.12. The van der Waals surface area contributed by atoms with Gasteiger partial charge in [-0.1, -0.05) is 32.0 Å². The Morgan fingerprint density at radius 1 is 1.33 bits per heavy atom. The Balaban J connectivity index is 2.63. The van der Waals surface area contributed by atoms with Crippen LogP contribution >= 0.6 is 0 Å². The SMILES string of the molecule is CC(C)CC(Nc1ccccc1)C(=O)O. The van der Waals surface area contributed by atoms with Gasteiger partial charge in [-0.05, 0) is 24.5 Å². The molecule has 0 heterocycles. The summed E-state index contributed by atoms with van der Waals surface area (Å²) in [4.78, 5) is 11.0. The predicted molar refractivity (Wildman–Crippen MR) is 60.9 cm³/mol. The Bertz CT molecular complexity index is 309. The molecule has 1 aromatic rings. The largest absolute Gasteiger partial charge is 0.480 e. The lowest BCUT2D eigenvalue weighted by Crippen LogP contribution is -2.30. The highest BCUT2D eigenvalue weighted by atomic mass is 16.4. The van der Waals surface area contributed by atoms with E-state index in [9.17, 15) is 4.79 Å². The first-order valence-electron chi connectivity index (χ1n) is 5.14. The van der Waals surface area contributed by atoms with Gasteiger partial charge < -0.3 is 10.4 Å². The Labute approximate surface area is 90.1 Å². The van der Waals surface area contributed by atoms with Crippen molar-refractivity contribution < 1.29 is 9.90 Å². The van der Waals surface area contributed by atoms with Gasteiger partial charge >= 0.3 is 5.97 Å². The standard InChI is InChI=1S/C12H17NO2/c1-9(2)8-11(12(14)15)13-10-6-4-3-5-7-10/h3-7,9,11,13H,8H2,1-2H3,(H,14,15). The van der Waals surface area contributed by atoms with Gasteiger partial charge in [0.2, 0.25) is 0 Å². The van der Waals surface area contributed by atoms with E-state index in [1.165, 1.54) is 0 Å². The summed E-state index contributed by atoms with van der Waals surface area (Å²) in [5.74, 6) is -0.435. The molecule has 1 unspecified atom stereocenters. The molecule has 0 aliphatic heterocycles. The molecule has 2 N–H and O–H groups in total. The van der Waals surface area contributed by atoms with Gasteiger partial charge in [0.1, 0.15) is 6.04 Å². The number of anilines is 1. The van der Waals surface area contributed by atoms with E-state index < -0.39 is 12.0 Å². The second kappa shape index (κ2) is 5.39. The molecule has 0 radical (unpaired) electrons. The topological polar surface area (TPSA) is 49.3 Å². The Hall–Kier alpha value is -1.51. The maximum Gasteiger partial charge on any atom is 0.326 e. The van der Waals surface area contributed by atoms with Crippen molar-refractivity contribution >= 4 is 11.7 Å².